The van der Waals surface area contributed by atoms with E-state index in [1.54, 1.807) is 0 Å². The van der Waals surface area contributed by atoms with Gasteiger partial charge in [-0.15, -0.1) is 0 Å². The van der Waals surface area contributed by atoms with E-state index in [0.29, 0.717) is 0 Å². The van der Waals surface area contributed by atoms with Crippen molar-refractivity contribution in [2.45, 2.75) is 31.6 Å². The van der Waals surface area contributed by atoms with Crippen LogP contribution in [0.3, 0.4) is 0 Å². The molecule has 0 saturated heterocycles. The summed E-state index contributed by atoms with van der Waals surface area (Å²) in [5.74, 6) is 0. The molecule has 0 fully saturated rings. The average Bonchev–Trinajstić information content (AvgIpc) is 3.98. The summed E-state index contributed by atoms with van der Waals surface area (Å²) in [5.41, 5.74) is 23.9. The zero-order valence-electron chi connectivity index (χ0n) is 37.8. The zero-order chi connectivity index (χ0) is 44.9. The first kappa shape index (κ1) is 39.2. The SMILES string of the molecule is CC1(C)c2ccccc2-c2cccc(-c3cccc(N(c4ccc(-c5ccc6c(c5)C(C)(c5ccccc5)c5ccccc5-6)cc4)c4ccc(-c5cccc6oc7ccccc7c56)cc4)c3)c21. The van der Waals surface area contributed by atoms with E-state index in [2.05, 4.69) is 244 Å². The molecule has 0 spiro atoms. The van der Waals surface area contributed by atoms with Gasteiger partial charge in [-0.2, -0.15) is 0 Å². The maximum absolute atomic E-state index is 6.30. The molecule has 0 bridgehead atoms. The molecule has 0 N–H and O–H groups in total. The van der Waals surface area contributed by atoms with Crippen molar-refractivity contribution in [2.24, 2.45) is 0 Å². The van der Waals surface area contributed by atoms with Crippen LogP contribution in [0.15, 0.2) is 235 Å². The molecule has 0 radical (unpaired) electrons. The van der Waals surface area contributed by atoms with Crippen molar-refractivity contribution in [3.8, 4) is 55.6 Å². The van der Waals surface area contributed by atoms with Gasteiger partial charge in [0.1, 0.15) is 11.2 Å². The summed E-state index contributed by atoms with van der Waals surface area (Å²) in [7, 11) is 0. The van der Waals surface area contributed by atoms with E-state index < -0.39 is 0 Å². The van der Waals surface area contributed by atoms with Crippen LogP contribution in [0.25, 0.3) is 77.6 Å². The molecule has 10 aromatic carbocycles. The standard InChI is InChI=1S/C65H47NO/c1-64(2)57-26-10-7-21-53(57)55-25-14-24-51(63(55)64)45-16-13-19-49(40-45)66(48-37-32-43(33-38-48)50-23-15-29-61-62(50)56-22-9-12-28-60(56)67-61)47-35-30-42(31-36-47)44-34-39-54-52-20-8-11-27-58(52)65(3,59(54)41-44)46-17-5-4-6-18-46/h4-41H,1-3H3. The summed E-state index contributed by atoms with van der Waals surface area (Å²) in [6.45, 7) is 7.13. The van der Waals surface area contributed by atoms with Crippen molar-refractivity contribution in [3.63, 3.8) is 0 Å². The summed E-state index contributed by atoms with van der Waals surface area (Å²) < 4.78 is 6.30. The number of nitrogens with zero attached hydrogens (tertiary/aromatic N) is 1. The Morgan fingerprint density at radius 2 is 0.910 bits per heavy atom. The Labute approximate surface area is 392 Å². The van der Waals surface area contributed by atoms with Gasteiger partial charge in [-0.1, -0.05) is 190 Å². The second kappa shape index (κ2) is 14.9. The summed E-state index contributed by atoms with van der Waals surface area (Å²) in [5, 5.41) is 2.28. The highest BCUT2D eigenvalue weighted by molar-refractivity contribution is 6.12. The third-order valence-electron chi connectivity index (χ3n) is 15.0. The number of hydrogen-bond donors (Lipinski definition) is 0. The number of hydrogen-bond acceptors (Lipinski definition) is 2. The molecule has 0 aliphatic heterocycles. The zero-order valence-corrected chi connectivity index (χ0v) is 37.8. The Bertz CT molecular complexity index is 3730. The van der Waals surface area contributed by atoms with Crippen LogP contribution in [0.4, 0.5) is 17.1 Å². The third-order valence-corrected chi connectivity index (χ3v) is 15.0. The number of rotatable bonds is 7. The predicted octanol–water partition coefficient (Wildman–Crippen LogP) is 17.7. The van der Waals surface area contributed by atoms with Crippen molar-refractivity contribution in [2.75, 3.05) is 4.90 Å². The molecular formula is C65H47NO. The normalized spacial score (nSPS) is 15.3. The van der Waals surface area contributed by atoms with E-state index in [1.807, 2.05) is 12.1 Å². The molecule has 0 saturated carbocycles. The van der Waals surface area contributed by atoms with Gasteiger partial charge in [0.2, 0.25) is 0 Å². The van der Waals surface area contributed by atoms with Crippen molar-refractivity contribution in [1.82, 2.24) is 0 Å². The number of anilines is 3. The quantitative estimate of drug-likeness (QED) is 0.159. The Morgan fingerprint density at radius 1 is 0.343 bits per heavy atom. The second-order valence-electron chi connectivity index (χ2n) is 19.0. The van der Waals surface area contributed by atoms with Crippen LogP contribution in [-0.2, 0) is 10.8 Å². The molecule has 1 atom stereocenters. The smallest absolute Gasteiger partial charge is 0.136 e. The van der Waals surface area contributed by atoms with Crippen molar-refractivity contribution in [3.05, 3.63) is 258 Å². The Morgan fingerprint density at radius 3 is 1.70 bits per heavy atom. The number of benzene rings is 10. The second-order valence-corrected chi connectivity index (χ2v) is 19.0. The lowest BCUT2D eigenvalue weighted by molar-refractivity contribution is 0.662. The van der Waals surface area contributed by atoms with Crippen molar-refractivity contribution < 1.29 is 4.42 Å². The van der Waals surface area contributed by atoms with Gasteiger partial charge in [-0.25, -0.2) is 0 Å². The molecule has 318 valence electrons. The highest BCUT2D eigenvalue weighted by Gasteiger charge is 2.41. The summed E-state index contributed by atoms with van der Waals surface area (Å²) in [4.78, 5) is 2.40. The van der Waals surface area contributed by atoms with Gasteiger partial charge in [0, 0.05) is 38.7 Å². The van der Waals surface area contributed by atoms with Crippen LogP contribution < -0.4 is 4.90 Å². The summed E-state index contributed by atoms with van der Waals surface area (Å²) >= 11 is 0. The van der Waals surface area contributed by atoms with Gasteiger partial charge < -0.3 is 9.32 Å². The molecule has 1 heterocycles. The van der Waals surface area contributed by atoms with Crippen LogP contribution in [0, 0.1) is 0 Å². The van der Waals surface area contributed by atoms with Crippen LogP contribution in [0.2, 0.25) is 0 Å². The van der Waals surface area contributed by atoms with Gasteiger partial charge in [0.15, 0.2) is 0 Å². The van der Waals surface area contributed by atoms with E-state index in [1.165, 1.54) is 72.3 Å². The molecule has 1 unspecified atom stereocenters. The van der Waals surface area contributed by atoms with E-state index >= 15 is 0 Å². The van der Waals surface area contributed by atoms with Gasteiger partial charge in [-0.05, 0) is 145 Å². The minimum atomic E-state index is -0.260. The fraction of sp³-hybridized carbons (Fsp3) is 0.0769. The molecule has 2 heteroatoms. The van der Waals surface area contributed by atoms with Crippen molar-refractivity contribution in [1.29, 1.82) is 0 Å². The van der Waals surface area contributed by atoms with Gasteiger partial charge in [0.05, 0.1) is 0 Å². The Hall–Kier alpha value is -8.20. The van der Waals surface area contributed by atoms with E-state index in [4.69, 9.17) is 4.42 Å². The van der Waals surface area contributed by atoms with Crippen molar-refractivity contribution >= 4 is 39.0 Å². The predicted molar refractivity (Wildman–Crippen MR) is 280 cm³/mol. The van der Waals surface area contributed by atoms with Gasteiger partial charge in [-0.3, -0.25) is 0 Å². The molecular weight excluding hydrogens is 811 g/mol. The maximum atomic E-state index is 6.30. The number of fused-ring (bicyclic) bond motifs is 9. The van der Waals surface area contributed by atoms with Crippen LogP contribution in [0.1, 0.15) is 48.6 Å². The lowest BCUT2D eigenvalue weighted by Gasteiger charge is -2.29. The molecule has 2 aliphatic rings. The molecule has 0 amide bonds. The summed E-state index contributed by atoms with van der Waals surface area (Å²) in [6.07, 6.45) is 0. The number of para-hydroxylation sites is 1. The first-order chi connectivity index (χ1) is 32.9. The molecule has 2 nitrogen and oxygen atoms in total. The molecule has 13 rings (SSSR count). The monoisotopic (exact) mass is 857 g/mol. The lowest BCUT2D eigenvalue weighted by atomic mass is 9.74. The molecule has 1 aromatic heterocycles. The fourth-order valence-corrected chi connectivity index (χ4v) is 11.7. The maximum Gasteiger partial charge on any atom is 0.136 e. The lowest BCUT2D eigenvalue weighted by Crippen LogP contribution is -2.22. The Balaban J connectivity index is 0.925. The van der Waals surface area contributed by atoms with Crippen LogP contribution in [-0.4, -0.2) is 0 Å². The molecule has 2 aliphatic carbocycles. The minimum Gasteiger partial charge on any atom is -0.456 e. The first-order valence-electron chi connectivity index (χ1n) is 23.4. The molecule has 11 aromatic rings. The van der Waals surface area contributed by atoms with Crippen LogP contribution >= 0.6 is 0 Å². The molecule has 67 heavy (non-hydrogen) atoms. The first-order valence-corrected chi connectivity index (χ1v) is 23.4. The average molecular weight is 858 g/mol. The van der Waals surface area contributed by atoms with Gasteiger partial charge in [0.25, 0.3) is 0 Å². The fourth-order valence-electron chi connectivity index (χ4n) is 11.7. The van der Waals surface area contributed by atoms with E-state index in [-0.39, 0.29) is 10.8 Å². The largest absolute Gasteiger partial charge is 0.456 e. The Kier molecular flexibility index (Phi) is 8.73. The number of furan rings is 1. The summed E-state index contributed by atoms with van der Waals surface area (Å²) in [6, 6.07) is 84.6. The third kappa shape index (κ3) is 5.96. The van der Waals surface area contributed by atoms with Crippen LogP contribution in [0.5, 0.6) is 0 Å². The highest BCUT2D eigenvalue weighted by atomic mass is 16.3. The topological polar surface area (TPSA) is 16.4 Å². The van der Waals surface area contributed by atoms with Gasteiger partial charge >= 0.3 is 0 Å². The van der Waals surface area contributed by atoms with E-state index in [9.17, 15) is 0 Å². The minimum absolute atomic E-state index is 0.133. The van der Waals surface area contributed by atoms with E-state index in [0.717, 1.165) is 50.1 Å². The highest BCUT2D eigenvalue weighted by Crippen LogP contribution is 2.54.